The highest BCUT2D eigenvalue weighted by Gasteiger charge is 2.24. The fourth-order valence-electron chi connectivity index (χ4n) is 2.53. The number of nitrogens with zero attached hydrogens (tertiary/aromatic N) is 1. The number of ether oxygens (including phenoxy) is 1. The van der Waals surface area contributed by atoms with Crippen molar-refractivity contribution in [1.29, 1.82) is 0 Å². The van der Waals surface area contributed by atoms with Crippen LogP contribution in [0, 0.1) is 13.8 Å². The van der Waals surface area contributed by atoms with E-state index in [9.17, 15) is 0 Å². The van der Waals surface area contributed by atoms with Crippen LogP contribution in [0.4, 0.5) is 0 Å². The first kappa shape index (κ1) is 16.0. The van der Waals surface area contributed by atoms with Crippen LogP contribution < -0.4 is 10.5 Å². The minimum atomic E-state index is -0.473. The van der Waals surface area contributed by atoms with Crippen molar-refractivity contribution in [2.45, 2.75) is 32.7 Å². The van der Waals surface area contributed by atoms with Crippen molar-refractivity contribution in [3.05, 3.63) is 57.3 Å². The third-order valence-electron chi connectivity index (χ3n) is 3.79. The van der Waals surface area contributed by atoms with Crippen molar-refractivity contribution in [2.24, 2.45) is 5.73 Å². The Hall–Kier alpha value is -1.39. The molecule has 0 aliphatic heterocycles. The number of rotatable bonds is 4. The maximum Gasteiger partial charge on any atom is 0.128 e. The van der Waals surface area contributed by atoms with E-state index in [0.717, 1.165) is 32.6 Å². The molecule has 0 fully saturated rings. The fraction of sp³-hybridized carbons (Fsp3) is 0.353. The molecule has 3 nitrogen and oxygen atoms in total. The average Bonchev–Trinajstić information content (AvgIpc) is 2.43. The number of nitrogens with two attached hydrogens (primary N) is 1. The Morgan fingerprint density at radius 1 is 1.24 bits per heavy atom. The number of hydrogen-bond donors (Lipinski definition) is 1. The maximum atomic E-state index is 6.52. The lowest BCUT2D eigenvalue weighted by atomic mass is 9.87. The predicted octanol–water partition coefficient (Wildman–Crippen LogP) is 3.89. The van der Waals surface area contributed by atoms with E-state index in [-0.39, 0.29) is 0 Å². The zero-order valence-electron chi connectivity index (χ0n) is 12.9. The standard InChI is InChI=1S/C17H21BrN2O/c1-11-10-20-15(12(2)16(11)21-4)9-17(3,19)13-5-7-14(18)8-6-13/h5-8,10H,9,19H2,1-4H3. The quantitative estimate of drug-likeness (QED) is 0.911. The number of aryl methyl sites for hydroxylation is 1. The van der Waals surface area contributed by atoms with Crippen LogP contribution in [0.15, 0.2) is 34.9 Å². The second kappa shape index (κ2) is 6.16. The summed E-state index contributed by atoms with van der Waals surface area (Å²) in [5.74, 6) is 0.895. The number of hydrogen-bond acceptors (Lipinski definition) is 3. The first-order valence-corrected chi connectivity index (χ1v) is 7.68. The molecular formula is C17H21BrN2O. The molecule has 21 heavy (non-hydrogen) atoms. The Labute approximate surface area is 134 Å². The molecule has 2 aromatic rings. The van der Waals surface area contributed by atoms with Crippen LogP contribution in [-0.4, -0.2) is 12.1 Å². The van der Waals surface area contributed by atoms with Crippen molar-refractivity contribution in [1.82, 2.24) is 4.98 Å². The minimum Gasteiger partial charge on any atom is -0.496 e. The second-order valence-electron chi connectivity index (χ2n) is 5.65. The Kier molecular flexibility index (Phi) is 4.69. The summed E-state index contributed by atoms with van der Waals surface area (Å²) in [6.07, 6.45) is 2.51. The predicted molar refractivity (Wildman–Crippen MR) is 89.6 cm³/mol. The SMILES string of the molecule is COc1c(C)cnc(CC(C)(N)c2ccc(Br)cc2)c1C. The highest BCUT2D eigenvalue weighted by molar-refractivity contribution is 9.10. The Balaban J connectivity index is 2.34. The minimum absolute atomic E-state index is 0.473. The molecule has 0 saturated carbocycles. The molecule has 1 heterocycles. The maximum absolute atomic E-state index is 6.52. The number of halogens is 1. The van der Waals surface area contributed by atoms with Crippen LogP contribution in [0.3, 0.4) is 0 Å². The van der Waals surface area contributed by atoms with Gasteiger partial charge in [0.25, 0.3) is 0 Å². The number of benzene rings is 1. The normalized spacial score (nSPS) is 13.8. The van der Waals surface area contributed by atoms with E-state index in [1.807, 2.05) is 51.2 Å². The third kappa shape index (κ3) is 3.44. The Morgan fingerprint density at radius 3 is 2.43 bits per heavy atom. The summed E-state index contributed by atoms with van der Waals surface area (Å²) in [7, 11) is 1.69. The van der Waals surface area contributed by atoms with Crippen LogP contribution in [0.5, 0.6) is 5.75 Å². The van der Waals surface area contributed by atoms with Crippen LogP contribution >= 0.6 is 15.9 Å². The Morgan fingerprint density at radius 2 is 1.86 bits per heavy atom. The van der Waals surface area contributed by atoms with Gasteiger partial charge in [0.05, 0.1) is 7.11 Å². The number of pyridine rings is 1. The van der Waals surface area contributed by atoms with Crippen molar-refractivity contribution >= 4 is 15.9 Å². The van der Waals surface area contributed by atoms with Crippen LogP contribution in [0.1, 0.15) is 29.3 Å². The van der Waals surface area contributed by atoms with E-state index in [2.05, 4.69) is 20.9 Å². The summed E-state index contributed by atoms with van der Waals surface area (Å²) in [4.78, 5) is 4.55. The van der Waals surface area contributed by atoms with E-state index < -0.39 is 5.54 Å². The smallest absolute Gasteiger partial charge is 0.128 e. The third-order valence-corrected chi connectivity index (χ3v) is 4.32. The summed E-state index contributed by atoms with van der Waals surface area (Å²) in [5.41, 5.74) is 10.2. The second-order valence-corrected chi connectivity index (χ2v) is 6.56. The molecule has 1 aromatic heterocycles. The monoisotopic (exact) mass is 348 g/mol. The van der Waals surface area contributed by atoms with Gasteiger partial charge in [-0.2, -0.15) is 0 Å². The van der Waals surface area contributed by atoms with Gasteiger partial charge < -0.3 is 10.5 Å². The van der Waals surface area contributed by atoms with Crippen molar-refractivity contribution in [3.63, 3.8) is 0 Å². The summed E-state index contributed by atoms with van der Waals surface area (Å²) >= 11 is 3.45. The summed E-state index contributed by atoms with van der Waals surface area (Å²) in [6.45, 7) is 6.06. The van der Waals surface area contributed by atoms with Gasteiger partial charge in [-0.25, -0.2) is 0 Å². The number of methoxy groups -OCH3 is 1. The van der Waals surface area contributed by atoms with E-state index >= 15 is 0 Å². The fourth-order valence-corrected chi connectivity index (χ4v) is 2.79. The van der Waals surface area contributed by atoms with Crippen molar-refractivity contribution in [3.8, 4) is 5.75 Å². The van der Waals surface area contributed by atoms with E-state index in [0.29, 0.717) is 6.42 Å². The molecule has 4 heteroatoms. The van der Waals surface area contributed by atoms with E-state index in [1.165, 1.54) is 0 Å². The van der Waals surface area contributed by atoms with Gasteiger partial charge in [0.15, 0.2) is 0 Å². The molecule has 2 N–H and O–H groups in total. The van der Waals surface area contributed by atoms with Crippen molar-refractivity contribution in [2.75, 3.05) is 7.11 Å². The highest BCUT2D eigenvalue weighted by Crippen LogP contribution is 2.29. The zero-order valence-corrected chi connectivity index (χ0v) is 14.5. The average molecular weight is 349 g/mol. The lowest BCUT2D eigenvalue weighted by Gasteiger charge is -2.26. The molecule has 0 aliphatic carbocycles. The molecule has 0 aliphatic rings. The van der Waals surface area contributed by atoms with Gasteiger partial charge in [-0.05, 0) is 38.5 Å². The van der Waals surface area contributed by atoms with Crippen LogP contribution in [-0.2, 0) is 12.0 Å². The Bertz CT molecular complexity index is 636. The van der Waals surface area contributed by atoms with Crippen LogP contribution in [0.25, 0.3) is 0 Å². The van der Waals surface area contributed by atoms with Gasteiger partial charge >= 0.3 is 0 Å². The molecular weight excluding hydrogens is 328 g/mol. The molecule has 1 atom stereocenters. The molecule has 1 unspecified atom stereocenters. The highest BCUT2D eigenvalue weighted by atomic mass is 79.9. The van der Waals surface area contributed by atoms with Gasteiger partial charge in [0, 0.05) is 39.5 Å². The molecule has 0 bridgehead atoms. The molecule has 1 aromatic carbocycles. The zero-order chi connectivity index (χ0) is 15.6. The summed E-state index contributed by atoms with van der Waals surface area (Å²) < 4.78 is 6.51. The van der Waals surface area contributed by atoms with Gasteiger partial charge in [-0.15, -0.1) is 0 Å². The van der Waals surface area contributed by atoms with Crippen LogP contribution in [0.2, 0.25) is 0 Å². The first-order chi connectivity index (χ1) is 9.85. The molecule has 2 rings (SSSR count). The topological polar surface area (TPSA) is 48.1 Å². The molecule has 0 saturated heterocycles. The molecule has 0 spiro atoms. The van der Waals surface area contributed by atoms with E-state index in [4.69, 9.17) is 10.5 Å². The largest absolute Gasteiger partial charge is 0.496 e. The van der Waals surface area contributed by atoms with E-state index in [1.54, 1.807) is 7.11 Å². The summed E-state index contributed by atoms with van der Waals surface area (Å²) in [5, 5.41) is 0. The molecule has 0 radical (unpaired) electrons. The van der Waals surface area contributed by atoms with Gasteiger partial charge in [-0.3, -0.25) is 4.98 Å². The van der Waals surface area contributed by atoms with Crippen molar-refractivity contribution < 1.29 is 4.74 Å². The van der Waals surface area contributed by atoms with Gasteiger partial charge in [-0.1, -0.05) is 28.1 Å². The van der Waals surface area contributed by atoms with Gasteiger partial charge in [0.2, 0.25) is 0 Å². The number of aromatic nitrogens is 1. The lowest BCUT2D eigenvalue weighted by Crippen LogP contribution is -2.36. The first-order valence-electron chi connectivity index (χ1n) is 6.89. The lowest BCUT2D eigenvalue weighted by molar-refractivity contribution is 0.404. The molecule has 0 amide bonds. The summed E-state index contributed by atoms with van der Waals surface area (Å²) in [6, 6.07) is 8.11. The van der Waals surface area contributed by atoms with Gasteiger partial charge in [0.1, 0.15) is 5.75 Å². The molecule has 112 valence electrons.